The molecule has 1 aromatic heterocycles. The predicted octanol–water partition coefficient (Wildman–Crippen LogP) is -0.461. The fourth-order valence-electron chi connectivity index (χ4n) is 1.02. The van der Waals surface area contributed by atoms with E-state index in [1.807, 2.05) is 0 Å². The number of aliphatic hydroxyl groups is 1. The first kappa shape index (κ1) is 16.3. The first-order valence-corrected chi connectivity index (χ1v) is 4.41. The summed E-state index contributed by atoms with van der Waals surface area (Å²) in [6.45, 7) is -3.40. The molecule has 1 N–H and O–H groups in total. The topological polar surface area (TPSA) is 33.1 Å². The zero-order chi connectivity index (χ0) is 11.5. The third kappa shape index (κ3) is 6.17. The number of aliphatic hydroxyl groups excluding tert-OH is 1. The van der Waals surface area contributed by atoms with Crippen LogP contribution in [0.2, 0.25) is 0 Å². The summed E-state index contributed by atoms with van der Waals surface area (Å²) >= 11 is 0. The van der Waals surface area contributed by atoms with Crippen LogP contribution >= 0.6 is 0 Å². The van der Waals surface area contributed by atoms with Crippen LogP contribution in [-0.2, 0) is 0 Å². The Labute approximate surface area is 134 Å². The Morgan fingerprint density at radius 2 is 2.00 bits per heavy atom. The molecule has 0 saturated heterocycles. The standard InChI is InChI=1S/C9H10BF3NO.K/c1-7(15)9-4-8(5-14-6-9)2-3-10(11,12)13;/h2-7,15H,1H3;/q-1;+1/b3-2+;. The van der Waals surface area contributed by atoms with Gasteiger partial charge in [-0.15, -0.1) is 5.98 Å². The molecule has 0 aliphatic rings. The van der Waals surface area contributed by atoms with Crippen molar-refractivity contribution in [3.05, 3.63) is 35.6 Å². The number of hydrogen-bond acceptors (Lipinski definition) is 2. The van der Waals surface area contributed by atoms with Crippen LogP contribution in [0.15, 0.2) is 24.4 Å². The van der Waals surface area contributed by atoms with Crippen LogP contribution in [0.3, 0.4) is 0 Å². The van der Waals surface area contributed by atoms with Crippen LogP contribution in [0, 0.1) is 0 Å². The first-order valence-electron chi connectivity index (χ1n) is 4.41. The van der Waals surface area contributed by atoms with E-state index in [2.05, 4.69) is 4.98 Å². The number of pyridine rings is 1. The molecule has 0 aliphatic carbocycles. The Hall–Kier alpha value is 0.341. The molecule has 0 aromatic carbocycles. The number of hydrogen-bond donors (Lipinski definition) is 1. The Morgan fingerprint density at radius 1 is 1.38 bits per heavy atom. The monoisotopic (exact) mass is 255 g/mol. The molecule has 16 heavy (non-hydrogen) atoms. The quantitative estimate of drug-likeness (QED) is 0.741. The second-order valence-electron chi connectivity index (χ2n) is 3.21. The van der Waals surface area contributed by atoms with Gasteiger partial charge >= 0.3 is 58.4 Å². The van der Waals surface area contributed by atoms with Crippen LogP contribution in [0.1, 0.15) is 24.2 Å². The van der Waals surface area contributed by atoms with Crippen LogP contribution in [-0.4, -0.2) is 17.1 Å². The Balaban J connectivity index is 0.00000225. The van der Waals surface area contributed by atoms with Crippen molar-refractivity contribution in [1.29, 1.82) is 0 Å². The Kier molecular flexibility index (Phi) is 7.08. The van der Waals surface area contributed by atoms with Crippen molar-refractivity contribution >= 4 is 13.1 Å². The Bertz CT molecular complexity index is 368. The summed E-state index contributed by atoms with van der Waals surface area (Å²) in [6.07, 6.45) is 2.94. The van der Waals surface area contributed by atoms with Crippen LogP contribution in [0.4, 0.5) is 12.9 Å². The molecule has 82 valence electrons. The van der Waals surface area contributed by atoms with Crippen molar-refractivity contribution in [2.45, 2.75) is 13.0 Å². The summed E-state index contributed by atoms with van der Waals surface area (Å²) in [6, 6.07) is 1.47. The third-order valence-corrected chi connectivity index (χ3v) is 1.77. The minimum Gasteiger partial charge on any atom is -0.445 e. The number of nitrogens with zero attached hydrogens (tertiary/aromatic N) is 1. The van der Waals surface area contributed by atoms with Gasteiger partial charge in [0.05, 0.1) is 6.10 Å². The molecule has 0 saturated carbocycles. The van der Waals surface area contributed by atoms with Gasteiger partial charge in [0, 0.05) is 12.4 Å². The van der Waals surface area contributed by atoms with E-state index in [-0.39, 0.29) is 57.4 Å². The van der Waals surface area contributed by atoms with Gasteiger partial charge in [0.25, 0.3) is 0 Å². The second kappa shape index (κ2) is 6.93. The zero-order valence-corrected chi connectivity index (χ0v) is 12.2. The summed E-state index contributed by atoms with van der Waals surface area (Å²) in [5.74, 6) is 0.197. The molecule has 1 rings (SSSR count). The molecule has 2 nitrogen and oxygen atoms in total. The van der Waals surface area contributed by atoms with E-state index < -0.39 is 13.1 Å². The molecular weight excluding hydrogens is 245 g/mol. The van der Waals surface area contributed by atoms with Gasteiger partial charge in [-0.2, -0.15) is 0 Å². The average Bonchev–Trinajstić information content (AvgIpc) is 2.14. The molecule has 0 bridgehead atoms. The molecule has 0 fully saturated rings. The molecule has 7 heteroatoms. The molecule has 0 spiro atoms. The van der Waals surface area contributed by atoms with Crippen LogP contribution in [0.25, 0.3) is 6.08 Å². The summed E-state index contributed by atoms with van der Waals surface area (Å²) in [5, 5.41) is 9.19. The van der Waals surface area contributed by atoms with E-state index in [9.17, 15) is 18.1 Å². The summed E-state index contributed by atoms with van der Waals surface area (Å²) in [4.78, 5) is 3.73. The minimum absolute atomic E-state index is 0. The summed E-state index contributed by atoms with van der Waals surface area (Å²) in [7, 11) is 0. The van der Waals surface area contributed by atoms with Crippen molar-refractivity contribution < 1.29 is 69.4 Å². The fraction of sp³-hybridized carbons (Fsp3) is 0.222. The van der Waals surface area contributed by atoms with Crippen molar-refractivity contribution in [1.82, 2.24) is 4.98 Å². The third-order valence-electron chi connectivity index (χ3n) is 1.77. The van der Waals surface area contributed by atoms with Gasteiger partial charge in [-0.05, 0) is 24.1 Å². The maximum Gasteiger partial charge on any atom is 1.00 e. The summed E-state index contributed by atoms with van der Waals surface area (Å²) in [5.41, 5.74) is 0.819. The SMILES string of the molecule is CC(O)c1cncc(/C=C/[B-](F)(F)F)c1.[K+]. The van der Waals surface area contributed by atoms with Gasteiger partial charge in [0.2, 0.25) is 0 Å². The minimum atomic E-state index is -4.93. The molecule has 0 amide bonds. The second-order valence-corrected chi connectivity index (χ2v) is 3.21. The molecule has 1 heterocycles. The fourth-order valence-corrected chi connectivity index (χ4v) is 1.02. The normalized spacial score (nSPS) is 13.6. The molecule has 1 unspecified atom stereocenters. The van der Waals surface area contributed by atoms with E-state index in [1.54, 1.807) is 0 Å². The predicted molar refractivity (Wildman–Crippen MR) is 53.0 cm³/mol. The van der Waals surface area contributed by atoms with Gasteiger partial charge < -0.3 is 18.1 Å². The van der Waals surface area contributed by atoms with Crippen molar-refractivity contribution in [2.24, 2.45) is 0 Å². The van der Waals surface area contributed by atoms with E-state index in [1.165, 1.54) is 25.4 Å². The molecular formula is C9H10BF3KNO. The van der Waals surface area contributed by atoms with E-state index >= 15 is 0 Å². The average molecular weight is 255 g/mol. The van der Waals surface area contributed by atoms with Gasteiger partial charge in [-0.3, -0.25) is 4.98 Å². The van der Waals surface area contributed by atoms with Crippen molar-refractivity contribution in [2.75, 3.05) is 0 Å². The number of rotatable bonds is 3. The molecule has 1 aromatic rings. The Morgan fingerprint density at radius 3 is 2.50 bits per heavy atom. The first-order chi connectivity index (χ1) is 6.88. The largest absolute Gasteiger partial charge is 1.00 e. The number of aromatic nitrogens is 1. The zero-order valence-electron chi connectivity index (χ0n) is 9.07. The van der Waals surface area contributed by atoms with E-state index in [0.717, 1.165) is 6.08 Å². The summed E-state index contributed by atoms with van der Waals surface area (Å²) < 4.78 is 35.7. The van der Waals surface area contributed by atoms with Gasteiger partial charge in [0.15, 0.2) is 0 Å². The van der Waals surface area contributed by atoms with Gasteiger partial charge in [0.1, 0.15) is 0 Å². The van der Waals surface area contributed by atoms with Crippen LogP contribution < -0.4 is 51.4 Å². The van der Waals surface area contributed by atoms with Gasteiger partial charge in [-0.1, -0.05) is 6.08 Å². The molecule has 0 aliphatic heterocycles. The van der Waals surface area contributed by atoms with E-state index in [0.29, 0.717) is 11.1 Å². The van der Waals surface area contributed by atoms with Crippen molar-refractivity contribution in [3.63, 3.8) is 0 Å². The van der Waals surface area contributed by atoms with Crippen LogP contribution in [0.5, 0.6) is 0 Å². The van der Waals surface area contributed by atoms with Crippen molar-refractivity contribution in [3.8, 4) is 0 Å². The maximum absolute atomic E-state index is 11.9. The number of halogens is 3. The molecule has 1 atom stereocenters. The van der Waals surface area contributed by atoms with Gasteiger partial charge in [-0.25, -0.2) is 0 Å². The maximum atomic E-state index is 11.9. The smallest absolute Gasteiger partial charge is 0.445 e. The molecule has 0 radical (unpaired) electrons. The van der Waals surface area contributed by atoms with E-state index in [4.69, 9.17) is 0 Å².